The molecule has 1 unspecified atom stereocenters. The number of carboxylic acid groups (broad SMARTS) is 1. The van der Waals surface area contributed by atoms with Crippen molar-refractivity contribution in [2.45, 2.75) is 52.2 Å². The lowest BCUT2D eigenvalue weighted by Gasteiger charge is -2.24. The summed E-state index contributed by atoms with van der Waals surface area (Å²) in [6.07, 6.45) is 2.48. The molecule has 0 aliphatic carbocycles. The molecule has 0 aliphatic rings. The van der Waals surface area contributed by atoms with E-state index in [2.05, 4.69) is 12.1 Å². The van der Waals surface area contributed by atoms with Crippen LogP contribution in [0.1, 0.15) is 45.8 Å². The van der Waals surface area contributed by atoms with E-state index in [4.69, 9.17) is 18.7 Å². The van der Waals surface area contributed by atoms with Gasteiger partial charge >= 0.3 is 5.97 Å². The van der Waals surface area contributed by atoms with Crippen molar-refractivity contribution < 1.29 is 28.6 Å². The van der Waals surface area contributed by atoms with Gasteiger partial charge in [0.2, 0.25) is 5.60 Å². The highest BCUT2D eigenvalue weighted by Gasteiger charge is 2.33. The van der Waals surface area contributed by atoms with Crippen LogP contribution in [0.2, 0.25) is 0 Å². The van der Waals surface area contributed by atoms with Crippen LogP contribution >= 0.6 is 0 Å². The van der Waals surface area contributed by atoms with Gasteiger partial charge in [0, 0.05) is 11.6 Å². The van der Waals surface area contributed by atoms with Crippen LogP contribution in [-0.4, -0.2) is 28.4 Å². The summed E-state index contributed by atoms with van der Waals surface area (Å²) in [5.74, 6) is 1.50. The van der Waals surface area contributed by atoms with Crippen molar-refractivity contribution >= 4 is 5.97 Å². The van der Waals surface area contributed by atoms with Gasteiger partial charge in [-0.05, 0) is 68.3 Å². The molecule has 1 atom stereocenters. The molecule has 0 amide bonds. The third-order valence-electron chi connectivity index (χ3n) is 5.15. The summed E-state index contributed by atoms with van der Waals surface area (Å²) in [7, 11) is 0. The number of benzene rings is 2. The van der Waals surface area contributed by atoms with Gasteiger partial charge in [-0.2, -0.15) is 0 Å². The van der Waals surface area contributed by atoms with Gasteiger partial charge in [-0.25, -0.2) is 4.79 Å². The summed E-state index contributed by atoms with van der Waals surface area (Å²) in [5, 5.41) is 13.4. The quantitative estimate of drug-likeness (QED) is 0.360. The maximum Gasteiger partial charge on any atom is 0.347 e. The average Bonchev–Trinajstić information content (AvgIpc) is 3.28. The van der Waals surface area contributed by atoms with Crippen molar-refractivity contribution in [3.63, 3.8) is 0 Å². The molecule has 0 bridgehead atoms. The molecule has 3 aromatic rings. The second kappa shape index (κ2) is 10.7. The fourth-order valence-electron chi connectivity index (χ4n) is 2.86. The number of aromatic nitrogens is 1. The van der Waals surface area contributed by atoms with E-state index in [0.29, 0.717) is 30.3 Å². The average molecular weight is 440 g/mol. The Morgan fingerprint density at radius 2 is 1.62 bits per heavy atom. The van der Waals surface area contributed by atoms with Gasteiger partial charge in [-0.15, -0.1) is 0 Å². The summed E-state index contributed by atoms with van der Waals surface area (Å²) < 4.78 is 22.4. The Bertz CT molecular complexity index is 996. The number of ether oxygens (including phenoxy) is 3. The van der Waals surface area contributed by atoms with Crippen LogP contribution in [0.3, 0.4) is 0 Å². The Kier molecular flexibility index (Phi) is 7.76. The van der Waals surface area contributed by atoms with Crippen LogP contribution in [0.4, 0.5) is 0 Å². The third-order valence-corrected chi connectivity index (χ3v) is 5.15. The molecule has 3 rings (SSSR count). The van der Waals surface area contributed by atoms with Gasteiger partial charge in [-0.1, -0.05) is 25.4 Å². The zero-order valence-electron chi connectivity index (χ0n) is 18.7. The standard InChI is InChI=1S/C25H29NO6/c1-4-6-15-29-19-9-7-18(8-10-19)23-16-22(32-26-23)17-30-20-11-13-21(14-12-20)31-25(3,5-2)24(27)28/h7-14,16H,4-6,15,17H2,1-3H3,(H,27,28). The van der Waals surface area contributed by atoms with E-state index < -0.39 is 11.6 Å². The Hall–Kier alpha value is -3.48. The zero-order chi connectivity index (χ0) is 23.0. The smallest absolute Gasteiger partial charge is 0.347 e. The number of rotatable bonds is 12. The Morgan fingerprint density at radius 3 is 2.25 bits per heavy atom. The molecule has 7 heteroatoms. The van der Waals surface area contributed by atoms with E-state index >= 15 is 0 Å². The number of unbranched alkanes of at least 4 members (excludes halogenated alkanes) is 1. The molecule has 0 aliphatic heterocycles. The topological polar surface area (TPSA) is 91.0 Å². The lowest BCUT2D eigenvalue weighted by atomic mass is 10.0. The number of carboxylic acids is 1. The van der Waals surface area contributed by atoms with Gasteiger partial charge in [0.05, 0.1) is 6.61 Å². The van der Waals surface area contributed by atoms with Crippen LogP contribution < -0.4 is 14.2 Å². The third kappa shape index (κ3) is 6.03. The van der Waals surface area contributed by atoms with E-state index in [9.17, 15) is 9.90 Å². The van der Waals surface area contributed by atoms with Gasteiger partial charge in [0.15, 0.2) is 5.76 Å². The summed E-state index contributed by atoms with van der Waals surface area (Å²) in [6.45, 7) is 6.38. The largest absolute Gasteiger partial charge is 0.494 e. The molecule has 1 heterocycles. The first kappa shape index (κ1) is 23.2. The van der Waals surface area contributed by atoms with Crippen LogP contribution in [0.5, 0.6) is 17.2 Å². The summed E-state index contributed by atoms with van der Waals surface area (Å²) in [5.41, 5.74) is 0.389. The van der Waals surface area contributed by atoms with E-state index in [1.165, 1.54) is 0 Å². The van der Waals surface area contributed by atoms with Gasteiger partial charge < -0.3 is 23.8 Å². The Labute approximate surface area is 187 Å². The molecule has 0 saturated carbocycles. The molecule has 0 saturated heterocycles. The fourth-order valence-corrected chi connectivity index (χ4v) is 2.86. The highest BCUT2D eigenvalue weighted by Crippen LogP contribution is 2.26. The van der Waals surface area contributed by atoms with E-state index in [1.807, 2.05) is 30.3 Å². The first-order valence-corrected chi connectivity index (χ1v) is 10.8. The minimum atomic E-state index is -1.27. The Morgan fingerprint density at radius 1 is 1.00 bits per heavy atom. The van der Waals surface area contributed by atoms with Crippen molar-refractivity contribution in [2.24, 2.45) is 0 Å². The molecule has 1 N–H and O–H groups in total. The van der Waals surface area contributed by atoms with Crippen molar-refractivity contribution in [1.29, 1.82) is 0 Å². The molecule has 32 heavy (non-hydrogen) atoms. The molecule has 170 valence electrons. The second-order valence-corrected chi connectivity index (χ2v) is 7.66. The molecule has 1 aromatic heterocycles. The maximum atomic E-state index is 11.4. The number of nitrogens with zero attached hydrogens (tertiary/aromatic N) is 1. The number of aliphatic carboxylic acids is 1. The first-order valence-electron chi connectivity index (χ1n) is 10.8. The minimum Gasteiger partial charge on any atom is -0.494 e. The van der Waals surface area contributed by atoms with Crippen molar-refractivity contribution in [1.82, 2.24) is 5.16 Å². The number of carbonyl (C=O) groups is 1. The lowest BCUT2D eigenvalue weighted by Crippen LogP contribution is -2.40. The first-order chi connectivity index (χ1) is 15.4. The highest BCUT2D eigenvalue weighted by atomic mass is 16.5. The van der Waals surface area contributed by atoms with Crippen LogP contribution in [0, 0.1) is 0 Å². The Balaban J connectivity index is 1.54. The minimum absolute atomic E-state index is 0.215. The monoisotopic (exact) mass is 439 g/mol. The second-order valence-electron chi connectivity index (χ2n) is 7.66. The molecule has 0 radical (unpaired) electrons. The molecule has 2 aromatic carbocycles. The van der Waals surface area contributed by atoms with Crippen molar-refractivity contribution in [3.05, 3.63) is 60.4 Å². The van der Waals surface area contributed by atoms with Crippen LogP contribution in [0.25, 0.3) is 11.3 Å². The summed E-state index contributed by atoms with van der Waals surface area (Å²) in [4.78, 5) is 11.4. The fraction of sp³-hybridized carbons (Fsp3) is 0.360. The van der Waals surface area contributed by atoms with E-state index in [-0.39, 0.29) is 6.61 Å². The molecule has 7 nitrogen and oxygen atoms in total. The molecule has 0 spiro atoms. The van der Waals surface area contributed by atoms with Gasteiger partial charge in [-0.3, -0.25) is 0 Å². The molecular weight excluding hydrogens is 410 g/mol. The number of hydrogen-bond acceptors (Lipinski definition) is 6. The SMILES string of the molecule is CCCCOc1ccc(-c2cc(COc3ccc(OC(C)(CC)C(=O)O)cc3)on2)cc1. The zero-order valence-corrected chi connectivity index (χ0v) is 18.7. The normalized spacial score (nSPS) is 12.7. The van der Waals surface area contributed by atoms with E-state index in [0.717, 1.165) is 29.8 Å². The van der Waals surface area contributed by atoms with Crippen LogP contribution in [-0.2, 0) is 11.4 Å². The maximum absolute atomic E-state index is 11.4. The lowest BCUT2D eigenvalue weighted by molar-refractivity contribution is -0.154. The van der Waals surface area contributed by atoms with Gasteiger partial charge in [0.1, 0.15) is 29.5 Å². The van der Waals surface area contributed by atoms with Gasteiger partial charge in [0.25, 0.3) is 0 Å². The predicted molar refractivity (Wildman–Crippen MR) is 120 cm³/mol. The van der Waals surface area contributed by atoms with Crippen molar-refractivity contribution in [2.75, 3.05) is 6.61 Å². The molecular formula is C25H29NO6. The predicted octanol–water partition coefficient (Wildman–Crippen LogP) is 5.73. The van der Waals surface area contributed by atoms with Crippen molar-refractivity contribution in [3.8, 4) is 28.5 Å². The van der Waals surface area contributed by atoms with Crippen LogP contribution in [0.15, 0.2) is 59.1 Å². The van der Waals surface area contributed by atoms with E-state index in [1.54, 1.807) is 38.1 Å². The highest BCUT2D eigenvalue weighted by molar-refractivity contribution is 5.77. The summed E-state index contributed by atoms with van der Waals surface area (Å²) in [6, 6.07) is 16.4. The molecule has 0 fully saturated rings. The number of hydrogen-bond donors (Lipinski definition) is 1. The summed E-state index contributed by atoms with van der Waals surface area (Å²) >= 11 is 0.